The van der Waals surface area contributed by atoms with Crippen LogP contribution in [-0.2, 0) is 17.8 Å². The quantitative estimate of drug-likeness (QED) is 0.776. The summed E-state index contributed by atoms with van der Waals surface area (Å²) in [5.41, 5.74) is 1.49. The Hall–Kier alpha value is -2.93. The molecular weight excluding hydrogens is 395 g/mol. The second-order valence-corrected chi connectivity index (χ2v) is 8.29. The van der Waals surface area contributed by atoms with E-state index in [1.807, 2.05) is 47.1 Å². The topological polar surface area (TPSA) is 64.7 Å². The number of amides is 3. The highest BCUT2D eigenvalue weighted by Gasteiger charge is 2.51. The minimum absolute atomic E-state index is 0.0552. The highest BCUT2D eigenvalue weighted by Crippen LogP contribution is 2.34. The first-order valence-electron chi connectivity index (χ1n) is 10.9. The molecule has 2 aliphatic heterocycles. The normalized spacial score (nSPS) is 20.3. The largest absolute Gasteiger partial charge is 0.338 e. The van der Waals surface area contributed by atoms with Crippen molar-refractivity contribution in [2.45, 2.75) is 44.4 Å². The fourth-order valence-corrected chi connectivity index (χ4v) is 4.61. The molecule has 0 unspecified atom stereocenters. The predicted octanol–water partition coefficient (Wildman–Crippen LogP) is 2.89. The molecule has 164 valence electrons. The lowest BCUT2D eigenvalue weighted by molar-refractivity contribution is -0.134. The Morgan fingerprint density at radius 3 is 2.42 bits per heavy atom. The molecule has 2 saturated heterocycles. The number of piperidine rings is 1. The molecule has 6 nitrogen and oxygen atoms in total. The molecule has 0 aromatic heterocycles. The van der Waals surface area contributed by atoms with Gasteiger partial charge < -0.3 is 15.1 Å². The summed E-state index contributed by atoms with van der Waals surface area (Å²) in [6.07, 6.45) is 1.92. The third-order valence-electron chi connectivity index (χ3n) is 6.27. The Balaban J connectivity index is 1.55. The van der Waals surface area contributed by atoms with Gasteiger partial charge in [0.1, 0.15) is 5.82 Å². The maximum atomic E-state index is 13.5. The Bertz CT molecular complexity index is 911. The van der Waals surface area contributed by atoms with Crippen molar-refractivity contribution >= 4 is 11.9 Å². The van der Waals surface area contributed by atoms with Gasteiger partial charge in [-0.15, -0.1) is 0 Å². The molecule has 0 radical (unpaired) electrons. The van der Waals surface area contributed by atoms with Crippen molar-refractivity contribution in [3.05, 3.63) is 71.5 Å². The maximum absolute atomic E-state index is 13.5. The molecule has 0 bridgehead atoms. The van der Waals surface area contributed by atoms with Gasteiger partial charge in [0, 0.05) is 39.0 Å². The summed E-state index contributed by atoms with van der Waals surface area (Å²) >= 11 is 0. The summed E-state index contributed by atoms with van der Waals surface area (Å²) in [5.74, 6) is -0.235. The van der Waals surface area contributed by atoms with Gasteiger partial charge in [0.2, 0.25) is 5.91 Å². The van der Waals surface area contributed by atoms with Gasteiger partial charge in [0.15, 0.2) is 0 Å². The summed E-state index contributed by atoms with van der Waals surface area (Å²) in [6, 6.07) is 15.9. The van der Waals surface area contributed by atoms with E-state index >= 15 is 0 Å². The molecule has 4 rings (SSSR count). The molecule has 1 spiro atoms. The predicted molar refractivity (Wildman–Crippen MR) is 117 cm³/mol. The van der Waals surface area contributed by atoms with E-state index in [4.69, 9.17) is 0 Å². The van der Waals surface area contributed by atoms with E-state index in [0.29, 0.717) is 45.4 Å². The minimum Gasteiger partial charge on any atom is -0.338 e. The van der Waals surface area contributed by atoms with Gasteiger partial charge in [-0.2, -0.15) is 0 Å². The number of nitrogens with one attached hydrogen (secondary N) is 2. The van der Waals surface area contributed by atoms with E-state index < -0.39 is 5.66 Å². The smallest absolute Gasteiger partial charge is 0.317 e. The van der Waals surface area contributed by atoms with Gasteiger partial charge in [-0.05, 0) is 36.6 Å². The molecule has 2 aliphatic rings. The van der Waals surface area contributed by atoms with Crippen molar-refractivity contribution in [3.63, 3.8) is 0 Å². The van der Waals surface area contributed by atoms with Crippen LogP contribution in [-0.4, -0.2) is 53.1 Å². The molecule has 0 saturated carbocycles. The summed E-state index contributed by atoms with van der Waals surface area (Å²) in [7, 11) is 0. The molecule has 2 fully saturated rings. The van der Waals surface area contributed by atoms with Crippen LogP contribution in [0.15, 0.2) is 54.6 Å². The standard InChI is InChI=1S/C24H29FN4O2/c1-2-26-23(31)28-14-12-24(13-15-28)27-21(16-18-6-4-3-5-7-18)22(30)29(24)17-19-8-10-20(25)11-9-19/h3-11,21,27H,2,12-17H2,1H3,(H,26,31)/t21-/m0/s1. The number of hydrogen-bond donors (Lipinski definition) is 2. The second-order valence-electron chi connectivity index (χ2n) is 8.29. The molecule has 0 aliphatic carbocycles. The van der Waals surface area contributed by atoms with Crippen LogP contribution in [0.2, 0.25) is 0 Å². The Morgan fingerprint density at radius 1 is 1.10 bits per heavy atom. The van der Waals surface area contributed by atoms with E-state index in [1.54, 1.807) is 12.1 Å². The summed E-state index contributed by atoms with van der Waals surface area (Å²) < 4.78 is 13.4. The van der Waals surface area contributed by atoms with Crippen molar-refractivity contribution in [2.75, 3.05) is 19.6 Å². The van der Waals surface area contributed by atoms with Crippen LogP contribution >= 0.6 is 0 Å². The monoisotopic (exact) mass is 424 g/mol. The van der Waals surface area contributed by atoms with E-state index in [1.165, 1.54) is 12.1 Å². The lowest BCUT2D eigenvalue weighted by atomic mass is 9.95. The first-order valence-corrected chi connectivity index (χ1v) is 10.9. The van der Waals surface area contributed by atoms with Crippen molar-refractivity contribution in [1.29, 1.82) is 0 Å². The zero-order valence-corrected chi connectivity index (χ0v) is 17.8. The third kappa shape index (κ3) is 4.56. The number of likely N-dealkylation sites (tertiary alicyclic amines) is 1. The summed E-state index contributed by atoms with van der Waals surface area (Å²) in [4.78, 5) is 29.4. The van der Waals surface area contributed by atoms with Crippen LogP contribution < -0.4 is 10.6 Å². The van der Waals surface area contributed by atoms with E-state index in [-0.39, 0.29) is 23.8 Å². The van der Waals surface area contributed by atoms with E-state index in [2.05, 4.69) is 10.6 Å². The number of carbonyl (C=O) groups is 2. The van der Waals surface area contributed by atoms with Gasteiger partial charge in [-0.1, -0.05) is 42.5 Å². The van der Waals surface area contributed by atoms with Crippen LogP contribution in [0.4, 0.5) is 9.18 Å². The zero-order valence-electron chi connectivity index (χ0n) is 17.8. The van der Waals surface area contributed by atoms with Crippen molar-refractivity contribution in [3.8, 4) is 0 Å². The molecule has 3 amide bonds. The van der Waals surface area contributed by atoms with Crippen molar-refractivity contribution in [2.24, 2.45) is 0 Å². The molecule has 2 aromatic rings. The average molecular weight is 425 g/mol. The molecule has 2 aromatic carbocycles. The van der Waals surface area contributed by atoms with Gasteiger partial charge in [-0.25, -0.2) is 9.18 Å². The fourth-order valence-electron chi connectivity index (χ4n) is 4.61. The lowest BCUT2D eigenvalue weighted by Gasteiger charge is -2.44. The molecule has 2 heterocycles. The lowest BCUT2D eigenvalue weighted by Crippen LogP contribution is -2.60. The minimum atomic E-state index is -0.506. The number of halogens is 1. The number of benzene rings is 2. The first-order chi connectivity index (χ1) is 15.0. The highest BCUT2D eigenvalue weighted by molar-refractivity contribution is 5.85. The zero-order chi connectivity index (χ0) is 21.8. The molecule has 31 heavy (non-hydrogen) atoms. The summed E-state index contributed by atoms with van der Waals surface area (Å²) in [5, 5.41) is 6.47. The fraction of sp³-hybridized carbons (Fsp3) is 0.417. The maximum Gasteiger partial charge on any atom is 0.317 e. The Kier molecular flexibility index (Phi) is 6.23. The number of carbonyl (C=O) groups excluding carboxylic acids is 2. The molecule has 7 heteroatoms. The Labute approximate surface area is 182 Å². The van der Waals surface area contributed by atoms with E-state index in [9.17, 15) is 14.0 Å². The number of urea groups is 1. The van der Waals surface area contributed by atoms with Crippen LogP contribution in [0.5, 0.6) is 0 Å². The van der Waals surface area contributed by atoms with Crippen LogP contribution in [0, 0.1) is 5.82 Å². The Morgan fingerprint density at radius 2 is 1.77 bits per heavy atom. The highest BCUT2D eigenvalue weighted by atomic mass is 19.1. The van der Waals surface area contributed by atoms with Gasteiger partial charge in [-0.3, -0.25) is 10.1 Å². The van der Waals surface area contributed by atoms with Crippen LogP contribution in [0.1, 0.15) is 30.9 Å². The summed E-state index contributed by atoms with van der Waals surface area (Å²) in [6.45, 7) is 4.05. The average Bonchev–Trinajstić information content (AvgIpc) is 3.02. The van der Waals surface area contributed by atoms with Gasteiger partial charge in [0.05, 0.1) is 11.7 Å². The second kappa shape index (κ2) is 9.06. The number of hydrogen-bond acceptors (Lipinski definition) is 3. The first kappa shape index (κ1) is 21.3. The molecule has 2 N–H and O–H groups in total. The van der Waals surface area contributed by atoms with Crippen molar-refractivity contribution < 1.29 is 14.0 Å². The van der Waals surface area contributed by atoms with Crippen LogP contribution in [0.3, 0.4) is 0 Å². The third-order valence-corrected chi connectivity index (χ3v) is 6.27. The van der Waals surface area contributed by atoms with Crippen LogP contribution in [0.25, 0.3) is 0 Å². The van der Waals surface area contributed by atoms with Gasteiger partial charge in [0.25, 0.3) is 0 Å². The van der Waals surface area contributed by atoms with Gasteiger partial charge >= 0.3 is 6.03 Å². The number of nitrogens with zero attached hydrogens (tertiary/aromatic N) is 2. The molecular formula is C24H29FN4O2. The number of rotatable bonds is 5. The van der Waals surface area contributed by atoms with Crippen molar-refractivity contribution in [1.82, 2.24) is 20.4 Å². The van der Waals surface area contributed by atoms with E-state index in [0.717, 1.165) is 11.1 Å². The molecule has 1 atom stereocenters. The SMILES string of the molecule is CCNC(=O)N1CCC2(CC1)N[C@@H](Cc1ccccc1)C(=O)N2Cc1ccc(F)cc1.